The van der Waals surface area contributed by atoms with Crippen LogP contribution in [0, 0.1) is 0 Å². The summed E-state index contributed by atoms with van der Waals surface area (Å²) in [5, 5.41) is 12.5. The van der Waals surface area contributed by atoms with Crippen LogP contribution in [0.15, 0.2) is 60.0 Å². The molecule has 0 bridgehead atoms. The van der Waals surface area contributed by atoms with Crippen molar-refractivity contribution in [1.29, 1.82) is 0 Å². The van der Waals surface area contributed by atoms with E-state index in [9.17, 15) is 4.79 Å². The Bertz CT molecular complexity index is 972. The van der Waals surface area contributed by atoms with Gasteiger partial charge in [0, 0.05) is 36.5 Å². The second-order valence-corrected chi connectivity index (χ2v) is 8.97. The van der Waals surface area contributed by atoms with Crippen molar-refractivity contribution in [3.63, 3.8) is 0 Å². The van der Waals surface area contributed by atoms with Crippen LogP contribution in [0.25, 0.3) is 11.4 Å². The molecule has 3 aromatic rings. The van der Waals surface area contributed by atoms with Crippen molar-refractivity contribution in [2.24, 2.45) is 0 Å². The number of nitrogens with zero attached hydrogens (tertiary/aromatic N) is 4. The normalized spacial score (nSPS) is 15.5. The number of carbonyl (C=O) groups excluding carboxylic acids is 1. The first-order valence-electron chi connectivity index (χ1n) is 10.5. The number of carbonyl (C=O) groups is 1. The summed E-state index contributed by atoms with van der Waals surface area (Å²) >= 11 is 1.48. The zero-order valence-corrected chi connectivity index (χ0v) is 18.2. The second kappa shape index (κ2) is 9.43. The molecule has 1 aliphatic rings. The first kappa shape index (κ1) is 20.6. The van der Waals surface area contributed by atoms with Crippen LogP contribution in [-0.2, 0) is 4.79 Å². The molecule has 0 aliphatic heterocycles. The maximum Gasteiger partial charge on any atom is 0.233 e. The maximum absolute atomic E-state index is 12.8. The Morgan fingerprint density at radius 3 is 2.57 bits per heavy atom. The van der Waals surface area contributed by atoms with E-state index in [1.54, 1.807) is 12.4 Å². The number of nitrogens with one attached hydrogen (secondary N) is 1. The van der Waals surface area contributed by atoms with Gasteiger partial charge in [-0.05, 0) is 43.9 Å². The van der Waals surface area contributed by atoms with Crippen molar-refractivity contribution in [2.45, 2.75) is 55.5 Å². The smallest absolute Gasteiger partial charge is 0.233 e. The molecule has 2 heterocycles. The number of aromatic nitrogens is 4. The van der Waals surface area contributed by atoms with Crippen LogP contribution in [-0.4, -0.2) is 37.5 Å². The molecule has 0 unspecified atom stereocenters. The molecule has 1 amide bonds. The van der Waals surface area contributed by atoms with E-state index in [1.165, 1.54) is 17.3 Å². The number of thioether (sulfide) groups is 1. The average Bonchev–Trinajstić information content (AvgIpc) is 3.55. The van der Waals surface area contributed by atoms with Gasteiger partial charge < -0.3 is 5.32 Å². The van der Waals surface area contributed by atoms with Crippen LogP contribution < -0.4 is 5.32 Å². The van der Waals surface area contributed by atoms with Gasteiger partial charge in [-0.2, -0.15) is 0 Å². The molecule has 1 fully saturated rings. The monoisotopic (exact) mass is 421 g/mol. The van der Waals surface area contributed by atoms with Gasteiger partial charge in [0.15, 0.2) is 11.0 Å². The highest BCUT2D eigenvalue weighted by Gasteiger charge is 2.31. The third-order valence-electron chi connectivity index (χ3n) is 5.45. The lowest BCUT2D eigenvalue weighted by Gasteiger charge is -2.18. The molecule has 1 N–H and O–H groups in total. The molecule has 1 aromatic carbocycles. The van der Waals surface area contributed by atoms with Crippen LogP contribution in [0.1, 0.15) is 50.6 Å². The molecular formula is C23H27N5OS. The fraction of sp³-hybridized carbons (Fsp3) is 0.391. The van der Waals surface area contributed by atoms with Crippen LogP contribution >= 0.6 is 11.8 Å². The van der Waals surface area contributed by atoms with E-state index in [2.05, 4.69) is 44.1 Å². The van der Waals surface area contributed by atoms with Crippen molar-refractivity contribution in [1.82, 2.24) is 25.1 Å². The van der Waals surface area contributed by atoms with Crippen molar-refractivity contribution < 1.29 is 4.79 Å². The van der Waals surface area contributed by atoms with Gasteiger partial charge in [0.1, 0.15) is 0 Å². The zero-order chi connectivity index (χ0) is 20.9. The molecule has 30 heavy (non-hydrogen) atoms. The minimum absolute atomic E-state index is 0.0326. The summed E-state index contributed by atoms with van der Waals surface area (Å²) in [4.78, 5) is 16.9. The summed E-state index contributed by atoms with van der Waals surface area (Å²) in [5.41, 5.74) is 2.26. The van der Waals surface area contributed by atoms with Gasteiger partial charge in [0.05, 0.1) is 5.25 Å². The highest BCUT2D eigenvalue weighted by molar-refractivity contribution is 8.00. The van der Waals surface area contributed by atoms with Crippen LogP contribution in [0.4, 0.5) is 0 Å². The Kier molecular flexibility index (Phi) is 6.47. The summed E-state index contributed by atoms with van der Waals surface area (Å²) < 4.78 is 2.18. The Morgan fingerprint density at radius 1 is 1.17 bits per heavy atom. The topological polar surface area (TPSA) is 72.7 Å². The van der Waals surface area contributed by atoms with Gasteiger partial charge in [-0.1, -0.05) is 49.0 Å². The Balaban J connectivity index is 1.42. The number of rotatable bonds is 9. The Labute approximate surface area is 181 Å². The molecule has 2 aromatic heterocycles. The van der Waals surface area contributed by atoms with Gasteiger partial charge in [-0.15, -0.1) is 10.2 Å². The fourth-order valence-electron chi connectivity index (χ4n) is 3.52. The average molecular weight is 422 g/mol. The fourth-order valence-corrected chi connectivity index (χ4v) is 4.46. The number of benzene rings is 1. The standard InChI is InChI=1S/C23H27N5OS/c1-3-17(18-7-5-4-6-8-18)15-25-22(29)16(2)30-23-27-26-21(28(23)20-9-10-20)19-11-13-24-14-12-19/h4-8,11-14,16-17,20H,3,9-10,15H2,1-2H3,(H,25,29)/t16-,17-/m0/s1. The molecule has 4 rings (SSSR count). The van der Waals surface area contributed by atoms with E-state index in [-0.39, 0.29) is 11.2 Å². The van der Waals surface area contributed by atoms with Crippen molar-refractivity contribution in [3.8, 4) is 11.4 Å². The minimum atomic E-state index is -0.245. The first-order chi connectivity index (χ1) is 14.7. The van der Waals surface area contributed by atoms with Gasteiger partial charge in [-0.3, -0.25) is 14.3 Å². The predicted octanol–water partition coefficient (Wildman–Crippen LogP) is 4.47. The number of hydrogen-bond acceptors (Lipinski definition) is 5. The largest absolute Gasteiger partial charge is 0.355 e. The molecular weight excluding hydrogens is 394 g/mol. The lowest BCUT2D eigenvalue weighted by atomic mass is 9.96. The summed E-state index contributed by atoms with van der Waals surface area (Å²) in [5.74, 6) is 1.20. The molecule has 2 atom stereocenters. The Hall–Kier alpha value is -2.67. The molecule has 0 radical (unpaired) electrons. The molecule has 0 saturated heterocycles. The van der Waals surface area contributed by atoms with E-state index in [1.807, 2.05) is 37.3 Å². The number of hydrogen-bond donors (Lipinski definition) is 1. The molecule has 7 heteroatoms. The third-order valence-corrected chi connectivity index (χ3v) is 6.51. The van der Waals surface area contributed by atoms with Gasteiger partial charge in [-0.25, -0.2) is 0 Å². The zero-order valence-electron chi connectivity index (χ0n) is 17.4. The number of amides is 1. The summed E-state index contributed by atoms with van der Waals surface area (Å²) in [7, 11) is 0. The molecule has 1 saturated carbocycles. The van der Waals surface area contributed by atoms with Crippen LogP contribution in [0.2, 0.25) is 0 Å². The van der Waals surface area contributed by atoms with Crippen LogP contribution in [0.3, 0.4) is 0 Å². The lowest BCUT2D eigenvalue weighted by molar-refractivity contribution is -0.120. The predicted molar refractivity (Wildman–Crippen MR) is 119 cm³/mol. The summed E-state index contributed by atoms with van der Waals surface area (Å²) in [6, 6.07) is 14.7. The highest BCUT2D eigenvalue weighted by atomic mass is 32.2. The van der Waals surface area contributed by atoms with E-state index >= 15 is 0 Å². The van der Waals surface area contributed by atoms with Crippen molar-refractivity contribution in [2.75, 3.05) is 6.54 Å². The van der Waals surface area contributed by atoms with E-state index in [4.69, 9.17) is 0 Å². The lowest BCUT2D eigenvalue weighted by Crippen LogP contribution is -2.34. The van der Waals surface area contributed by atoms with Crippen molar-refractivity contribution in [3.05, 3.63) is 60.4 Å². The second-order valence-electron chi connectivity index (χ2n) is 7.66. The minimum Gasteiger partial charge on any atom is -0.355 e. The highest BCUT2D eigenvalue weighted by Crippen LogP contribution is 2.41. The maximum atomic E-state index is 12.8. The molecule has 0 spiro atoms. The van der Waals surface area contributed by atoms with Crippen LogP contribution in [0.5, 0.6) is 0 Å². The van der Waals surface area contributed by atoms with Gasteiger partial charge in [0.2, 0.25) is 5.91 Å². The SMILES string of the molecule is CC[C@@H](CNC(=O)[C@H](C)Sc1nnc(-c2ccncc2)n1C1CC1)c1ccccc1. The van der Waals surface area contributed by atoms with E-state index in [0.717, 1.165) is 35.8 Å². The number of pyridine rings is 1. The van der Waals surface area contributed by atoms with Gasteiger partial charge in [0.25, 0.3) is 0 Å². The Morgan fingerprint density at radius 2 is 1.90 bits per heavy atom. The third kappa shape index (κ3) is 4.73. The van der Waals surface area contributed by atoms with Crippen molar-refractivity contribution >= 4 is 17.7 Å². The van der Waals surface area contributed by atoms with Gasteiger partial charge >= 0.3 is 0 Å². The van der Waals surface area contributed by atoms with E-state index in [0.29, 0.717) is 18.5 Å². The summed E-state index contributed by atoms with van der Waals surface area (Å²) in [6.45, 7) is 4.73. The molecule has 1 aliphatic carbocycles. The van der Waals surface area contributed by atoms with E-state index < -0.39 is 0 Å². The first-order valence-corrected chi connectivity index (χ1v) is 11.4. The molecule has 6 nitrogen and oxygen atoms in total. The quantitative estimate of drug-likeness (QED) is 0.516. The summed E-state index contributed by atoms with van der Waals surface area (Å²) in [6.07, 6.45) is 6.76. The molecule has 156 valence electrons.